The minimum absolute atomic E-state index is 0.102. The summed E-state index contributed by atoms with van der Waals surface area (Å²) in [6.07, 6.45) is 1.67. The van der Waals surface area contributed by atoms with Crippen molar-refractivity contribution in [1.29, 1.82) is 0 Å². The van der Waals surface area contributed by atoms with E-state index < -0.39 is 16.1 Å². The Hall–Kier alpha value is -1.98. The Morgan fingerprint density at radius 2 is 1.85 bits per heavy atom. The summed E-state index contributed by atoms with van der Waals surface area (Å²) in [6, 6.07) is 11.6. The zero-order valence-corrected chi connectivity index (χ0v) is 16.6. The van der Waals surface area contributed by atoms with E-state index in [1.165, 1.54) is 30.3 Å². The van der Waals surface area contributed by atoms with Crippen LogP contribution in [0, 0.1) is 5.82 Å². The zero-order chi connectivity index (χ0) is 18.9. The summed E-state index contributed by atoms with van der Waals surface area (Å²) in [5.41, 5.74) is 1.10. The van der Waals surface area contributed by atoms with Crippen LogP contribution in [0.15, 0.2) is 59.6 Å². The van der Waals surface area contributed by atoms with Gasteiger partial charge in [-0.3, -0.25) is 4.79 Å². The average Bonchev–Trinajstić information content (AvgIpc) is 3.07. The van der Waals surface area contributed by atoms with Gasteiger partial charge in [-0.2, -0.15) is 2.94 Å². The van der Waals surface area contributed by atoms with Crippen molar-refractivity contribution in [2.24, 2.45) is 0 Å². The fourth-order valence-electron chi connectivity index (χ4n) is 2.62. The summed E-state index contributed by atoms with van der Waals surface area (Å²) >= 11 is 1.55. The van der Waals surface area contributed by atoms with Crippen molar-refractivity contribution in [1.82, 2.24) is 7.50 Å². The van der Waals surface area contributed by atoms with Gasteiger partial charge in [0, 0.05) is 40.1 Å². The predicted octanol–water partition coefficient (Wildman–Crippen LogP) is 3.61. The highest BCUT2D eigenvalue weighted by molar-refractivity contribution is 14.1. The van der Waals surface area contributed by atoms with Crippen molar-refractivity contribution in [2.75, 3.05) is 5.32 Å². The van der Waals surface area contributed by atoms with E-state index in [1.807, 2.05) is 0 Å². The maximum atomic E-state index is 13.8. The molecule has 3 aromatic rings. The van der Waals surface area contributed by atoms with Gasteiger partial charge in [-0.15, -0.1) is 0 Å². The molecule has 0 bridgehead atoms. The molecule has 136 valence electrons. The molecule has 1 amide bonds. The SMILES string of the molecule is C[C@H](C(=O)Nc1ccc(S(=O)(=O)NI)cc1)n1ccc2c(F)cccc21. The van der Waals surface area contributed by atoms with E-state index in [9.17, 15) is 17.6 Å². The van der Waals surface area contributed by atoms with E-state index in [-0.39, 0.29) is 16.6 Å². The van der Waals surface area contributed by atoms with Gasteiger partial charge in [0.05, 0.1) is 10.4 Å². The van der Waals surface area contributed by atoms with Crippen molar-refractivity contribution in [2.45, 2.75) is 17.9 Å². The van der Waals surface area contributed by atoms with Crippen molar-refractivity contribution in [3.05, 3.63) is 60.5 Å². The molecule has 26 heavy (non-hydrogen) atoms. The molecule has 2 N–H and O–H groups in total. The van der Waals surface area contributed by atoms with E-state index in [0.717, 1.165) is 0 Å². The monoisotopic (exact) mass is 487 g/mol. The number of sulfonamides is 1. The molecule has 0 unspecified atom stereocenters. The quantitative estimate of drug-likeness (QED) is 0.427. The third-order valence-electron chi connectivity index (χ3n) is 4.04. The topological polar surface area (TPSA) is 80.2 Å². The molecule has 0 aliphatic heterocycles. The smallest absolute Gasteiger partial charge is 0.249 e. The van der Waals surface area contributed by atoms with Crippen LogP contribution in [0.2, 0.25) is 0 Å². The molecular formula is C17H15FIN3O3S. The first-order valence-electron chi connectivity index (χ1n) is 7.62. The maximum absolute atomic E-state index is 13.8. The molecule has 9 heteroatoms. The predicted molar refractivity (Wildman–Crippen MR) is 106 cm³/mol. The molecule has 3 rings (SSSR count). The molecule has 0 aliphatic carbocycles. The lowest BCUT2D eigenvalue weighted by atomic mass is 10.2. The highest BCUT2D eigenvalue weighted by atomic mass is 127. The molecular weight excluding hydrogens is 472 g/mol. The first-order chi connectivity index (χ1) is 12.3. The molecule has 2 aromatic carbocycles. The number of anilines is 1. The number of amides is 1. The molecule has 0 aliphatic rings. The van der Waals surface area contributed by atoms with Crippen LogP contribution < -0.4 is 8.25 Å². The summed E-state index contributed by atoms with van der Waals surface area (Å²) in [7, 11) is -3.54. The first-order valence-corrected chi connectivity index (χ1v) is 10.2. The molecule has 0 fully saturated rings. The van der Waals surface area contributed by atoms with Gasteiger partial charge in [0.1, 0.15) is 11.9 Å². The van der Waals surface area contributed by atoms with Gasteiger partial charge >= 0.3 is 0 Å². The summed E-state index contributed by atoms with van der Waals surface area (Å²) in [5, 5.41) is 3.19. The van der Waals surface area contributed by atoms with Crippen molar-refractivity contribution >= 4 is 55.4 Å². The number of fused-ring (bicyclic) bond motifs is 1. The maximum Gasteiger partial charge on any atom is 0.249 e. The van der Waals surface area contributed by atoms with Crippen LogP contribution in [-0.4, -0.2) is 18.9 Å². The highest BCUT2D eigenvalue weighted by Crippen LogP contribution is 2.23. The van der Waals surface area contributed by atoms with Gasteiger partial charge < -0.3 is 9.88 Å². The second-order valence-electron chi connectivity index (χ2n) is 5.67. The molecule has 0 saturated carbocycles. The van der Waals surface area contributed by atoms with Gasteiger partial charge in [-0.05, 0) is 49.4 Å². The number of halogens is 2. The number of carbonyl (C=O) groups excluding carboxylic acids is 1. The summed E-state index contributed by atoms with van der Waals surface area (Å²) < 4.78 is 41.1. The van der Waals surface area contributed by atoms with Gasteiger partial charge in [0.15, 0.2) is 0 Å². The third-order valence-corrected chi connectivity index (χ3v) is 6.88. The number of rotatable bonds is 5. The van der Waals surface area contributed by atoms with E-state index in [1.54, 1.807) is 58.8 Å². The lowest BCUT2D eigenvalue weighted by Crippen LogP contribution is -2.23. The van der Waals surface area contributed by atoms with Crippen LogP contribution >= 0.6 is 22.9 Å². The molecule has 1 heterocycles. The molecule has 0 saturated heterocycles. The van der Waals surface area contributed by atoms with Crippen LogP contribution in [0.5, 0.6) is 0 Å². The number of hydrogen-bond donors (Lipinski definition) is 2. The van der Waals surface area contributed by atoms with Crippen LogP contribution in [-0.2, 0) is 14.8 Å². The highest BCUT2D eigenvalue weighted by Gasteiger charge is 2.18. The molecule has 0 radical (unpaired) electrons. The van der Waals surface area contributed by atoms with Crippen molar-refractivity contribution in [3.8, 4) is 0 Å². The molecule has 1 aromatic heterocycles. The minimum atomic E-state index is -3.54. The second kappa shape index (κ2) is 7.33. The molecule has 0 spiro atoms. The average molecular weight is 487 g/mol. The lowest BCUT2D eigenvalue weighted by molar-refractivity contribution is -0.118. The van der Waals surface area contributed by atoms with Gasteiger partial charge in [0.2, 0.25) is 15.9 Å². The number of nitrogens with one attached hydrogen (secondary N) is 2. The standard InChI is InChI=1S/C17H15FIN3O3S/c1-11(22-10-9-14-15(18)3-2-4-16(14)22)17(23)20-12-5-7-13(8-6-12)26(24,25)21-19/h2-11,21H,1H3,(H,20,23)/t11-/m1/s1. The third kappa shape index (κ3) is 3.60. The number of benzene rings is 2. The second-order valence-corrected chi connectivity index (χ2v) is 8.62. The van der Waals surface area contributed by atoms with Crippen LogP contribution in [0.3, 0.4) is 0 Å². The van der Waals surface area contributed by atoms with E-state index in [4.69, 9.17) is 0 Å². The van der Waals surface area contributed by atoms with E-state index in [0.29, 0.717) is 16.6 Å². The van der Waals surface area contributed by atoms with Crippen molar-refractivity contribution < 1.29 is 17.6 Å². The summed E-state index contributed by atoms with van der Waals surface area (Å²) in [6.45, 7) is 1.71. The zero-order valence-electron chi connectivity index (χ0n) is 13.6. The Bertz CT molecular complexity index is 1060. The Morgan fingerprint density at radius 3 is 2.50 bits per heavy atom. The molecule has 6 nitrogen and oxygen atoms in total. The fourth-order valence-corrected chi connectivity index (χ4v) is 3.97. The Balaban J connectivity index is 1.80. The van der Waals surface area contributed by atoms with E-state index >= 15 is 0 Å². The van der Waals surface area contributed by atoms with Gasteiger partial charge in [0.25, 0.3) is 0 Å². The van der Waals surface area contributed by atoms with Gasteiger partial charge in [-0.25, -0.2) is 12.8 Å². The number of nitrogens with zero attached hydrogens (tertiary/aromatic N) is 1. The summed E-state index contributed by atoms with van der Waals surface area (Å²) in [5.74, 6) is -0.635. The largest absolute Gasteiger partial charge is 0.335 e. The van der Waals surface area contributed by atoms with Crippen LogP contribution in [0.1, 0.15) is 13.0 Å². The van der Waals surface area contributed by atoms with E-state index in [2.05, 4.69) is 8.25 Å². The lowest BCUT2D eigenvalue weighted by Gasteiger charge is -2.15. The van der Waals surface area contributed by atoms with Crippen LogP contribution in [0.25, 0.3) is 10.9 Å². The number of aromatic nitrogens is 1. The van der Waals surface area contributed by atoms with Crippen molar-refractivity contribution in [3.63, 3.8) is 0 Å². The summed E-state index contributed by atoms with van der Waals surface area (Å²) in [4.78, 5) is 12.6. The first kappa shape index (κ1) is 18.8. The normalized spacial score (nSPS) is 12.9. The molecule has 1 atom stereocenters. The Morgan fingerprint density at radius 1 is 1.15 bits per heavy atom. The van der Waals surface area contributed by atoms with Gasteiger partial charge in [-0.1, -0.05) is 6.07 Å². The Kier molecular flexibility index (Phi) is 5.30. The number of carbonyl (C=O) groups is 1. The Labute approximate surface area is 163 Å². The number of hydrogen-bond acceptors (Lipinski definition) is 3. The van der Waals surface area contributed by atoms with Crippen LogP contribution in [0.4, 0.5) is 10.1 Å². The minimum Gasteiger partial charge on any atom is -0.335 e. The fraction of sp³-hybridized carbons (Fsp3) is 0.118.